The molecule has 5 N–H and O–H groups in total. The zero-order valence-corrected chi connectivity index (χ0v) is 33.8. The molecule has 2 fully saturated rings. The van der Waals surface area contributed by atoms with Gasteiger partial charge in [0, 0.05) is 89.8 Å². The highest BCUT2D eigenvalue weighted by Crippen LogP contribution is 2.40. The molecule has 5 heterocycles. The van der Waals surface area contributed by atoms with Gasteiger partial charge in [-0.1, -0.05) is 29.8 Å². The number of hydrogen-bond acceptors (Lipinski definition) is 11. The quantitative estimate of drug-likeness (QED) is 0.122. The van der Waals surface area contributed by atoms with E-state index in [1.54, 1.807) is 52.1 Å². The van der Waals surface area contributed by atoms with E-state index in [0.29, 0.717) is 58.7 Å². The molecule has 0 spiro atoms. The second-order valence-electron chi connectivity index (χ2n) is 14.7. The number of piperazine rings is 1. The summed E-state index contributed by atoms with van der Waals surface area (Å²) < 4.78 is 0. The first-order chi connectivity index (χ1) is 27.7. The lowest BCUT2D eigenvalue weighted by molar-refractivity contribution is -0.137. The van der Waals surface area contributed by atoms with Gasteiger partial charge in [-0.2, -0.15) is 0 Å². The van der Waals surface area contributed by atoms with Crippen molar-refractivity contribution in [3.05, 3.63) is 80.2 Å². The van der Waals surface area contributed by atoms with E-state index in [2.05, 4.69) is 16.1 Å². The van der Waals surface area contributed by atoms with Crippen LogP contribution in [0.5, 0.6) is 0 Å². The number of carbonyl (C=O) groups is 6. The normalized spacial score (nSPS) is 19.6. The minimum Gasteiger partial charge on any atom is -0.340 e. The van der Waals surface area contributed by atoms with E-state index in [4.69, 9.17) is 27.4 Å². The third kappa shape index (κ3) is 8.14. The fourth-order valence-corrected chi connectivity index (χ4v) is 9.00. The summed E-state index contributed by atoms with van der Waals surface area (Å²) in [7, 11) is 0. The highest BCUT2D eigenvalue weighted by atomic mass is 35.5. The van der Waals surface area contributed by atoms with Crippen LogP contribution < -0.4 is 21.0 Å². The summed E-state index contributed by atoms with van der Waals surface area (Å²) in [6.45, 7) is 7.04. The molecule has 1 unspecified atom stereocenters. The van der Waals surface area contributed by atoms with Crippen molar-refractivity contribution >= 4 is 86.5 Å². The maximum absolute atomic E-state index is 13.5. The van der Waals surface area contributed by atoms with Gasteiger partial charge in [0.05, 0.1) is 12.1 Å². The maximum atomic E-state index is 13.5. The highest BCUT2D eigenvalue weighted by Gasteiger charge is 2.40. The van der Waals surface area contributed by atoms with Gasteiger partial charge in [0.25, 0.3) is 5.91 Å². The Morgan fingerprint density at radius 3 is 2.41 bits per heavy atom. The third-order valence-electron chi connectivity index (χ3n) is 10.8. The average molecular weight is 827 g/mol. The Morgan fingerprint density at radius 2 is 1.72 bits per heavy atom. The molecule has 7 rings (SSSR count). The largest absolute Gasteiger partial charge is 0.340 e. The fraction of sp³-hybridized carbons (Fsp3) is 0.375. The summed E-state index contributed by atoms with van der Waals surface area (Å²) in [4.78, 5) is 87.5. The van der Waals surface area contributed by atoms with Crippen LogP contribution in [0.25, 0.3) is 0 Å². The van der Waals surface area contributed by atoms with Crippen molar-refractivity contribution in [2.45, 2.75) is 71.5 Å². The average Bonchev–Trinajstić information content (AvgIpc) is 3.63. The van der Waals surface area contributed by atoms with Crippen LogP contribution in [0.15, 0.2) is 47.5 Å². The summed E-state index contributed by atoms with van der Waals surface area (Å²) in [5.41, 5.74) is 7.50. The number of rotatable bonds is 9. The Hall–Kier alpha value is -5.78. The van der Waals surface area contributed by atoms with Crippen LogP contribution in [0.3, 0.4) is 0 Å². The van der Waals surface area contributed by atoms with Crippen LogP contribution in [0.4, 0.5) is 10.7 Å². The first kappa shape index (κ1) is 40.4. The van der Waals surface area contributed by atoms with Crippen LogP contribution in [-0.2, 0) is 30.5 Å². The van der Waals surface area contributed by atoms with E-state index in [-0.39, 0.29) is 73.9 Å². The number of halogens is 1. The number of nitrogens with zero attached hydrogens (tertiary/aromatic N) is 5. The van der Waals surface area contributed by atoms with Gasteiger partial charge in [-0.15, -0.1) is 11.3 Å². The second-order valence-corrected chi connectivity index (χ2v) is 16.3. The zero-order chi connectivity index (χ0) is 41.4. The summed E-state index contributed by atoms with van der Waals surface area (Å²) in [5, 5.41) is 25.8. The Bertz CT molecular complexity index is 2280. The van der Waals surface area contributed by atoms with E-state index >= 15 is 0 Å². The number of amidine groups is 2. The third-order valence-corrected chi connectivity index (χ3v) is 12.3. The van der Waals surface area contributed by atoms with Gasteiger partial charge in [-0.25, -0.2) is 5.01 Å². The van der Waals surface area contributed by atoms with Gasteiger partial charge in [0.2, 0.25) is 29.5 Å². The van der Waals surface area contributed by atoms with Crippen molar-refractivity contribution in [3.8, 4) is 0 Å². The van der Waals surface area contributed by atoms with E-state index < -0.39 is 23.9 Å². The summed E-state index contributed by atoms with van der Waals surface area (Å²) in [5.74, 6) is -2.05. The lowest BCUT2D eigenvalue weighted by Gasteiger charge is -2.35. The van der Waals surface area contributed by atoms with Crippen LogP contribution in [0.1, 0.15) is 76.5 Å². The number of aliphatic imine (C=N–C) groups is 1. The number of piperidine rings is 1. The number of anilines is 2. The predicted octanol–water partition coefficient (Wildman–Crippen LogP) is 3.76. The maximum Gasteiger partial charge on any atom is 0.255 e. The van der Waals surface area contributed by atoms with Crippen molar-refractivity contribution in [3.63, 3.8) is 0 Å². The molecule has 0 bridgehead atoms. The van der Waals surface area contributed by atoms with E-state index in [9.17, 15) is 28.8 Å². The molecule has 2 atom stereocenters. The van der Waals surface area contributed by atoms with Crippen molar-refractivity contribution in [1.29, 1.82) is 10.8 Å². The van der Waals surface area contributed by atoms with Gasteiger partial charge in [0.1, 0.15) is 28.8 Å². The Labute approximate surface area is 343 Å². The van der Waals surface area contributed by atoms with Crippen LogP contribution in [0.2, 0.25) is 5.02 Å². The van der Waals surface area contributed by atoms with Crippen LogP contribution in [-0.4, -0.2) is 106 Å². The van der Waals surface area contributed by atoms with Crippen molar-refractivity contribution in [2.75, 3.05) is 36.4 Å². The van der Waals surface area contributed by atoms with E-state index in [0.717, 1.165) is 21.6 Å². The molecule has 16 nitrogen and oxygen atoms in total. The number of aryl methyl sites for hydroxylation is 1. The molecular formula is C40H43ClN10O6S. The molecule has 3 aromatic rings. The first-order valence-electron chi connectivity index (χ1n) is 19.0. The predicted molar refractivity (Wildman–Crippen MR) is 220 cm³/mol. The molecule has 1 aromatic heterocycles. The fourth-order valence-electron chi connectivity index (χ4n) is 7.65. The van der Waals surface area contributed by atoms with Crippen LogP contribution >= 0.6 is 22.9 Å². The van der Waals surface area contributed by atoms with Crippen molar-refractivity contribution in [2.24, 2.45) is 4.99 Å². The number of imide groups is 1. The molecule has 58 heavy (non-hydrogen) atoms. The number of carbonyl (C=O) groups excluding carboxylic acids is 6. The molecule has 0 radical (unpaired) electrons. The van der Waals surface area contributed by atoms with E-state index in [1.165, 1.54) is 16.2 Å². The summed E-state index contributed by atoms with van der Waals surface area (Å²) in [6, 6.07) is 10.5. The Kier molecular flexibility index (Phi) is 11.6. The number of nitrogens with one attached hydrogen (secondary N) is 5. The molecule has 0 saturated carbocycles. The summed E-state index contributed by atoms with van der Waals surface area (Å²) >= 11 is 7.68. The molecule has 2 saturated heterocycles. The molecule has 18 heteroatoms. The van der Waals surface area contributed by atoms with Gasteiger partial charge in [0.15, 0.2) is 0 Å². The standard InChI is InChI=1S/C40H43ClN10O6S/c1-21-22(2)58-40-35(21)36(24-7-9-25(41)10-8-24)45-29(37(43)51(40)23(3)42)19-33(54)47-49-17-15-48(16-18-49)34(55)14-13-31(52)44-28-6-4-5-26-27(28)20-50(39(26)57)30-11-12-32(53)46-38(30)56/h4-10,29-30,42-43H,11-20H2,1-3H3,(H,44,52)(H,47,54)(H,46,53,56)/t29-,30?/m0/s1. The number of thiophene rings is 1. The number of hydrazine groups is 1. The number of amides is 6. The lowest BCUT2D eigenvalue weighted by Crippen LogP contribution is -2.55. The lowest BCUT2D eigenvalue weighted by atomic mass is 9.99. The summed E-state index contributed by atoms with van der Waals surface area (Å²) in [6.07, 6.45) is 0.0851. The number of benzene rings is 2. The molecule has 302 valence electrons. The molecular weight excluding hydrogens is 784 g/mol. The minimum atomic E-state index is -0.888. The molecule has 4 aliphatic heterocycles. The van der Waals surface area contributed by atoms with Gasteiger partial charge in [-0.3, -0.25) is 60.2 Å². The molecule has 2 aromatic carbocycles. The van der Waals surface area contributed by atoms with Gasteiger partial charge >= 0.3 is 0 Å². The SMILES string of the molecule is CC(=N)N1C(=N)[C@H](CC(=O)NN2CCN(C(=O)CCC(=O)Nc3cccc4c3CN(C3CCC(=O)NC3=O)C4=O)CC2)N=C(c2ccc(Cl)cc2)c2c1sc(C)c2C. The van der Waals surface area contributed by atoms with Crippen LogP contribution in [0, 0.1) is 24.7 Å². The Morgan fingerprint density at radius 1 is 1.00 bits per heavy atom. The van der Waals surface area contributed by atoms with Crippen molar-refractivity contribution in [1.82, 2.24) is 25.6 Å². The highest BCUT2D eigenvalue weighted by molar-refractivity contribution is 7.17. The van der Waals surface area contributed by atoms with E-state index in [1.807, 2.05) is 26.0 Å². The Balaban J connectivity index is 0.924. The topological polar surface area (TPSA) is 212 Å². The molecule has 4 aliphatic rings. The van der Waals surface area contributed by atoms with Gasteiger partial charge in [-0.05, 0) is 57.0 Å². The monoisotopic (exact) mass is 826 g/mol. The van der Waals surface area contributed by atoms with Gasteiger partial charge < -0.3 is 15.1 Å². The first-order valence-corrected chi connectivity index (χ1v) is 20.2. The second kappa shape index (κ2) is 16.6. The smallest absolute Gasteiger partial charge is 0.255 e. The number of fused-ring (bicyclic) bond motifs is 2. The number of hydrogen-bond donors (Lipinski definition) is 5. The van der Waals surface area contributed by atoms with Crippen molar-refractivity contribution < 1.29 is 28.8 Å². The molecule has 6 amide bonds. The molecule has 0 aliphatic carbocycles. The zero-order valence-electron chi connectivity index (χ0n) is 32.2. The minimum absolute atomic E-state index is 0.0212.